The molecular formula is C19H39IN6O2. The molecule has 1 heterocycles. The van der Waals surface area contributed by atoms with Gasteiger partial charge in [0.1, 0.15) is 12.4 Å². The van der Waals surface area contributed by atoms with Crippen LogP contribution in [0.15, 0.2) is 4.99 Å². The van der Waals surface area contributed by atoms with E-state index in [-0.39, 0.29) is 30.1 Å². The summed E-state index contributed by atoms with van der Waals surface area (Å²) in [5.74, 6) is 3.01. The predicted molar refractivity (Wildman–Crippen MR) is 124 cm³/mol. The highest BCUT2D eigenvalue weighted by Crippen LogP contribution is 2.10. The SMILES string of the molecule is CCOCCCNC(=NCc1nnc(C)n1C)NCCC(OCC)C(C)C.I. The van der Waals surface area contributed by atoms with Crippen LogP contribution in [0, 0.1) is 12.8 Å². The molecule has 1 aromatic heterocycles. The lowest BCUT2D eigenvalue weighted by atomic mass is 10.0. The Balaban J connectivity index is 0.00000729. The van der Waals surface area contributed by atoms with Crippen LogP contribution in [0.25, 0.3) is 0 Å². The van der Waals surface area contributed by atoms with Crippen molar-refractivity contribution in [3.8, 4) is 0 Å². The standard InChI is InChI=1S/C19H38N6O2.HI/c1-7-26-13-9-11-20-19(21-12-10-17(15(3)4)27-8-2)22-14-18-24-23-16(5)25(18)6;/h15,17H,7-14H2,1-6H3,(H2,20,21,22);1H. The van der Waals surface area contributed by atoms with E-state index >= 15 is 0 Å². The van der Waals surface area contributed by atoms with Gasteiger partial charge < -0.3 is 24.7 Å². The fourth-order valence-electron chi connectivity index (χ4n) is 2.59. The second-order valence-corrected chi connectivity index (χ2v) is 6.82. The molecule has 0 aliphatic rings. The summed E-state index contributed by atoms with van der Waals surface area (Å²) in [6.07, 6.45) is 2.13. The first-order chi connectivity index (χ1) is 13.0. The van der Waals surface area contributed by atoms with Gasteiger partial charge in [-0.2, -0.15) is 0 Å². The molecule has 0 saturated carbocycles. The van der Waals surface area contributed by atoms with Crippen LogP contribution >= 0.6 is 24.0 Å². The van der Waals surface area contributed by atoms with Crippen molar-refractivity contribution in [2.24, 2.45) is 18.0 Å². The van der Waals surface area contributed by atoms with Crippen LogP contribution in [0.2, 0.25) is 0 Å². The van der Waals surface area contributed by atoms with E-state index in [9.17, 15) is 0 Å². The molecule has 2 N–H and O–H groups in total. The van der Waals surface area contributed by atoms with Gasteiger partial charge in [0.2, 0.25) is 0 Å². The quantitative estimate of drug-likeness (QED) is 0.184. The lowest BCUT2D eigenvalue weighted by Crippen LogP contribution is -2.40. The summed E-state index contributed by atoms with van der Waals surface area (Å²) in [5, 5.41) is 15.0. The summed E-state index contributed by atoms with van der Waals surface area (Å²) in [7, 11) is 1.96. The molecule has 0 saturated heterocycles. The number of guanidine groups is 1. The van der Waals surface area contributed by atoms with Crippen molar-refractivity contribution in [1.29, 1.82) is 0 Å². The monoisotopic (exact) mass is 510 g/mol. The average molecular weight is 510 g/mol. The molecule has 1 rings (SSSR count). The summed E-state index contributed by atoms with van der Waals surface area (Å²) < 4.78 is 13.2. The first-order valence-corrected chi connectivity index (χ1v) is 10.1. The first kappa shape index (κ1) is 27.1. The molecular weight excluding hydrogens is 471 g/mol. The average Bonchev–Trinajstić information content (AvgIpc) is 2.96. The van der Waals surface area contributed by atoms with Gasteiger partial charge in [0.05, 0.1) is 6.10 Å². The molecule has 0 aromatic carbocycles. The topological polar surface area (TPSA) is 85.6 Å². The van der Waals surface area contributed by atoms with E-state index in [2.05, 4.69) is 39.7 Å². The fraction of sp³-hybridized carbons (Fsp3) is 0.842. The summed E-state index contributed by atoms with van der Waals surface area (Å²) in [6.45, 7) is 14.7. The van der Waals surface area contributed by atoms with Gasteiger partial charge in [-0.1, -0.05) is 13.8 Å². The van der Waals surface area contributed by atoms with Gasteiger partial charge in [0.25, 0.3) is 0 Å². The second kappa shape index (κ2) is 15.9. The Morgan fingerprint density at radius 1 is 1.14 bits per heavy atom. The van der Waals surface area contributed by atoms with E-state index in [0.29, 0.717) is 12.5 Å². The number of rotatable bonds is 13. The Morgan fingerprint density at radius 2 is 1.86 bits per heavy atom. The van der Waals surface area contributed by atoms with Crippen LogP contribution in [0.3, 0.4) is 0 Å². The molecule has 9 heteroatoms. The minimum absolute atomic E-state index is 0. The number of hydrogen-bond acceptors (Lipinski definition) is 5. The van der Waals surface area contributed by atoms with Crippen molar-refractivity contribution in [1.82, 2.24) is 25.4 Å². The maximum absolute atomic E-state index is 5.82. The Bertz CT molecular complexity index is 551. The normalized spacial score (nSPS) is 12.8. The third-order valence-corrected chi connectivity index (χ3v) is 4.37. The number of nitrogens with zero attached hydrogens (tertiary/aromatic N) is 4. The van der Waals surface area contributed by atoms with Crippen LogP contribution in [-0.4, -0.2) is 59.7 Å². The summed E-state index contributed by atoms with van der Waals surface area (Å²) in [4.78, 5) is 4.66. The van der Waals surface area contributed by atoms with Gasteiger partial charge in [-0.3, -0.25) is 0 Å². The second-order valence-electron chi connectivity index (χ2n) is 6.82. The van der Waals surface area contributed by atoms with E-state index in [0.717, 1.165) is 63.4 Å². The van der Waals surface area contributed by atoms with Gasteiger partial charge in [0.15, 0.2) is 11.8 Å². The van der Waals surface area contributed by atoms with Crippen LogP contribution in [0.1, 0.15) is 52.2 Å². The number of halogens is 1. The first-order valence-electron chi connectivity index (χ1n) is 10.1. The molecule has 0 spiro atoms. The molecule has 0 radical (unpaired) electrons. The Kier molecular flexibility index (Phi) is 15.4. The Labute approximate surface area is 187 Å². The van der Waals surface area contributed by atoms with Crippen molar-refractivity contribution < 1.29 is 9.47 Å². The molecule has 28 heavy (non-hydrogen) atoms. The van der Waals surface area contributed by atoms with Gasteiger partial charge in [-0.25, -0.2) is 4.99 Å². The third kappa shape index (κ3) is 10.6. The molecule has 0 bridgehead atoms. The van der Waals surface area contributed by atoms with Crippen molar-refractivity contribution in [3.05, 3.63) is 11.6 Å². The van der Waals surface area contributed by atoms with Crippen molar-refractivity contribution in [2.75, 3.05) is 32.9 Å². The predicted octanol–water partition coefficient (Wildman–Crippen LogP) is 2.65. The molecule has 1 aromatic rings. The molecule has 1 atom stereocenters. The fourth-order valence-corrected chi connectivity index (χ4v) is 2.59. The summed E-state index contributed by atoms with van der Waals surface area (Å²) >= 11 is 0. The van der Waals surface area contributed by atoms with E-state index < -0.39 is 0 Å². The Hall–Kier alpha value is -0.940. The van der Waals surface area contributed by atoms with Gasteiger partial charge in [-0.05, 0) is 39.5 Å². The maximum atomic E-state index is 5.82. The summed E-state index contributed by atoms with van der Waals surface area (Å²) in [5.41, 5.74) is 0. The van der Waals surface area contributed by atoms with Crippen LogP contribution < -0.4 is 10.6 Å². The van der Waals surface area contributed by atoms with Crippen molar-refractivity contribution in [2.45, 2.75) is 60.1 Å². The van der Waals surface area contributed by atoms with E-state index in [1.807, 2.05) is 32.4 Å². The number of aliphatic imine (C=N–C) groups is 1. The number of aryl methyl sites for hydroxylation is 1. The number of aromatic nitrogens is 3. The zero-order chi connectivity index (χ0) is 20.1. The van der Waals surface area contributed by atoms with Gasteiger partial charge >= 0.3 is 0 Å². The molecule has 8 nitrogen and oxygen atoms in total. The van der Waals surface area contributed by atoms with Crippen molar-refractivity contribution >= 4 is 29.9 Å². The molecule has 0 fully saturated rings. The van der Waals surface area contributed by atoms with E-state index in [1.54, 1.807) is 0 Å². The minimum Gasteiger partial charge on any atom is -0.382 e. The highest BCUT2D eigenvalue weighted by Gasteiger charge is 2.13. The molecule has 0 aliphatic heterocycles. The van der Waals surface area contributed by atoms with Crippen LogP contribution in [-0.2, 0) is 23.1 Å². The Morgan fingerprint density at radius 3 is 2.43 bits per heavy atom. The van der Waals surface area contributed by atoms with Gasteiger partial charge in [-0.15, -0.1) is 34.2 Å². The number of ether oxygens (including phenoxy) is 2. The van der Waals surface area contributed by atoms with Crippen LogP contribution in [0.5, 0.6) is 0 Å². The lowest BCUT2D eigenvalue weighted by molar-refractivity contribution is 0.0258. The lowest BCUT2D eigenvalue weighted by Gasteiger charge is -2.21. The zero-order valence-electron chi connectivity index (χ0n) is 18.3. The molecule has 0 aliphatic carbocycles. The molecule has 1 unspecified atom stereocenters. The van der Waals surface area contributed by atoms with E-state index in [1.165, 1.54) is 0 Å². The maximum Gasteiger partial charge on any atom is 0.191 e. The summed E-state index contributed by atoms with van der Waals surface area (Å²) in [6, 6.07) is 0. The zero-order valence-corrected chi connectivity index (χ0v) is 20.7. The number of nitrogens with one attached hydrogen (secondary N) is 2. The van der Waals surface area contributed by atoms with Crippen LogP contribution in [0.4, 0.5) is 0 Å². The highest BCUT2D eigenvalue weighted by atomic mass is 127. The molecule has 164 valence electrons. The highest BCUT2D eigenvalue weighted by molar-refractivity contribution is 14.0. The smallest absolute Gasteiger partial charge is 0.191 e. The largest absolute Gasteiger partial charge is 0.382 e. The molecule has 0 amide bonds. The van der Waals surface area contributed by atoms with Crippen molar-refractivity contribution in [3.63, 3.8) is 0 Å². The van der Waals surface area contributed by atoms with Gasteiger partial charge in [0, 0.05) is 40.0 Å². The third-order valence-electron chi connectivity index (χ3n) is 4.37. The number of hydrogen-bond donors (Lipinski definition) is 2. The minimum atomic E-state index is 0. The van der Waals surface area contributed by atoms with E-state index in [4.69, 9.17) is 9.47 Å².